The third-order valence-corrected chi connectivity index (χ3v) is 21.2. The van der Waals surface area contributed by atoms with Crippen LogP contribution < -0.4 is 35.6 Å². The number of carboxylic acids is 2. The predicted octanol–water partition coefficient (Wildman–Crippen LogP) is 13.0. The van der Waals surface area contributed by atoms with Gasteiger partial charge in [-0.05, 0) is 91.1 Å². The number of thiazole rings is 3. The van der Waals surface area contributed by atoms with Crippen molar-refractivity contribution < 1.29 is 113 Å². The van der Waals surface area contributed by atoms with E-state index < -0.39 is 54.3 Å². The number of aliphatic hydroxyl groups excluding tert-OH is 2. The smallest absolute Gasteiger partial charge is 0.870 e. The number of aliphatic carboxylic acids is 2. The number of halogens is 2. The minimum atomic E-state index is -0.943. The number of nitrogens with one attached hydrogen (secondary N) is 1. The van der Waals surface area contributed by atoms with Crippen LogP contribution in [0.5, 0.6) is 17.2 Å². The van der Waals surface area contributed by atoms with E-state index in [0.29, 0.717) is 67.4 Å². The number of nitrogens with zero attached hydrogens (tertiary/aromatic N) is 8. The Labute approximate surface area is 771 Å². The van der Waals surface area contributed by atoms with Crippen LogP contribution in [0.2, 0.25) is 0 Å². The number of hydrogen-bond acceptors (Lipinski definition) is 26. The molecule has 0 spiro atoms. The predicted molar refractivity (Wildman–Crippen MR) is 492 cm³/mol. The van der Waals surface area contributed by atoms with Crippen LogP contribution in [0.15, 0.2) is 154 Å². The molecule has 0 unspecified atom stereocenters. The third-order valence-electron chi connectivity index (χ3n) is 18.1. The van der Waals surface area contributed by atoms with Gasteiger partial charge >= 0.3 is 42.7 Å². The fourth-order valence-corrected chi connectivity index (χ4v) is 14.4. The van der Waals surface area contributed by atoms with Gasteiger partial charge in [0.2, 0.25) is 17.3 Å². The van der Waals surface area contributed by atoms with Gasteiger partial charge < -0.3 is 82.2 Å². The van der Waals surface area contributed by atoms with Gasteiger partial charge in [-0.15, -0.1) is 46.4 Å². The van der Waals surface area contributed by atoms with Crippen molar-refractivity contribution in [2.75, 3.05) is 27.3 Å². The van der Waals surface area contributed by atoms with Gasteiger partial charge in [-0.1, -0.05) is 192 Å². The second kappa shape index (κ2) is 60.1. The molecule has 125 heavy (non-hydrogen) atoms. The fourth-order valence-electron chi connectivity index (χ4n) is 11.9. The quantitative estimate of drug-likeness (QED) is 0.0197. The van der Waals surface area contributed by atoms with Gasteiger partial charge in [0.15, 0.2) is 12.6 Å². The van der Waals surface area contributed by atoms with Gasteiger partial charge in [-0.2, -0.15) is 0 Å². The molecule has 3 amide bonds. The molecular weight excluding hydrogens is 1750 g/mol. The van der Waals surface area contributed by atoms with Crippen molar-refractivity contribution >= 4 is 128 Å². The van der Waals surface area contributed by atoms with Crippen LogP contribution in [0.4, 0.5) is 11.4 Å². The molecule has 13 rings (SSSR count). The van der Waals surface area contributed by atoms with Gasteiger partial charge in [-0.25, -0.2) is 29.2 Å². The maximum atomic E-state index is 13.3. The topological polar surface area (TPSA) is 465 Å². The number of carboxylic acid groups (broad SMARTS) is 2. The van der Waals surface area contributed by atoms with Crippen molar-refractivity contribution in [3.63, 3.8) is 0 Å². The number of phenolic OH excluding ortho intramolecular Hbond substituents is 3. The summed E-state index contributed by atoms with van der Waals surface area (Å²) >= 11 is 7.89. The number of methoxy groups -OCH3 is 2. The van der Waals surface area contributed by atoms with Crippen molar-refractivity contribution in [2.45, 2.75) is 174 Å². The largest absolute Gasteiger partial charge is 1.00 e. The summed E-state index contributed by atoms with van der Waals surface area (Å²) in [5.74, 6) is -3.33. The first-order valence-electron chi connectivity index (χ1n) is 36.4. The summed E-state index contributed by atoms with van der Waals surface area (Å²) in [4.78, 5) is 128. The van der Waals surface area contributed by atoms with Gasteiger partial charge in [0, 0.05) is 88.9 Å². The first-order valence-corrected chi connectivity index (χ1v) is 39.9. The van der Waals surface area contributed by atoms with Crippen LogP contribution in [-0.4, -0.2) is 195 Å². The number of esters is 2. The molecule has 0 aliphatic carbocycles. The Morgan fingerprint density at radius 2 is 1.06 bits per heavy atom. The second-order valence-electron chi connectivity index (χ2n) is 27.4. The Hall–Kier alpha value is -10.7. The number of amides is 3. The number of hydrogen-bond donors (Lipinski definition) is 10. The van der Waals surface area contributed by atoms with E-state index in [-0.39, 0.29) is 163 Å². The molecule has 13 N–H and O–H groups in total. The number of aryl methyl sites for hydroxylation is 3. The number of ether oxygens (including phenoxy) is 2. The zero-order valence-corrected chi connectivity index (χ0v) is 73.0. The van der Waals surface area contributed by atoms with E-state index in [1.165, 1.54) is 41.4 Å². The Morgan fingerprint density at radius 1 is 0.616 bits per heavy atom. The number of benzene rings is 6. The molecule has 0 saturated carbocycles. The summed E-state index contributed by atoms with van der Waals surface area (Å²) in [6.45, 7) is 31.9. The summed E-state index contributed by atoms with van der Waals surface area (Å²) < 4.78 is 10.0. The van der Waals surface area contributed by atoms with Crippen molar-refractivity contribution in [3.05, 3.63) is 233 Å². The second-order valence-corrected chi connectivity index (χ2v) is 30.8. The standard InChI is InChI=1S/C19H24N2O5.C13H15NO3.C11H8N2OS.C11H12N2OS.C8H6O2.C7H4BrNO.C6H11NO3.C5H11NO2.C4H5NS.5CH4.ClH.Li.H2O/c1-11(2)16(21-9-12-6-4-5-7-14(12)17(21)23)18(24)20-10-13(22)8-15(20)19(25)26-3;1-8(2)11(13(16)17)14-7-9-5-3-4-6-10(9)12(14)15;1-7-11(15-6-13-7)8-3-4-9(12-2)10(14)5-8;1-7-11(15-6-13-7)8-2-3-9(5-12)10(14)4-8;9-5-7-3-1-2-4-8(7)6-10;1-9-6-3-2-5(8)4-7(6)10;1-10-6(9)5-2-4(8)3-7-5;1-3(2)4(6)5(7)8;1-4-2-6-3-5-4;;;;;;;;/h4-7,11,13,15-16,22H,8-10H2,1-3H3;3-6,8,11H,7H2,1-2H3,(H,16,17);3-6,14H,1H3;2-4,6,14H,5,12H2,1H3;1-6H;2-4,10H;4-5,7-8H,2-3H2,1H3;3-4H,6H2,1-2H3,(H,7,8);2-3H,1H3;5*1H4;1H;;1H2/q;;;;;;;;;;;;;;;+1;/p-1/t13-,15+,16+;11-;;;;;4-,5+;4-;;;;;;;;;/m10....10........./s1. The van der Waals surface area contributed by atoms with E-state index in [1.54, 1.807) is 131 Å². The molecule has 30 nitrogen and oxygen atoms in total. The van der Waals surface area contributed by atoms with Crippen molar-refractivity contribution in [3.8, 4) is 38.1 Å². The Morgan fingerprint density at radius 3 is 1.40 bits per heavy atom. The van der Waals surface area contributed by atoms with E-state index in [4.69, 9.17) is 44.7 Å². The number of aliphatic hydroxyl groups is 2. The fraction of sp³-hybridized carbons (Fsp3) is 0.371. The number of aldehydes is 2. The number of likely N-dealkylation sites (tertiary alicyclic amines) is 1. The molecule has 676 valence electrons. The summed E-state index contributed by atoms with van der Waals surface area (Å²) in [5.41, 5.74) is 26.2. The average molecular weight is 1860 g/mol. The van der Waals surface area contributed by atoms with Gasteiger partial charge in [0.25, 0.3) is 11.8 Å². The minimum Gasteiger partial charge on any atom is -0.870 e. The van der Waals surface area contributed by atoms with E-state index in [1.807, 2.05) is 102 Å². The van der Waals surface area contributed by atoms with Crippen LogP contribution in [0, 0.1) is 51.7 Å². The van der Waals surface area contributed by atoms with Crippen LogP contribution in [0.1, 0.15) is 167 Å². The monoisotopic (exact) mass is 1860 g/mol. The third kappa shape index (κ3) is 35.4. The normalized spacial score (nSPS) is 14.8. The summed E-state index contributed by atoms with van der Waals surface area (Å²) in [6.07, 6.45) is 0.781. The van der Waals surface area contributed by atoms with Gasteiger partial charge in [0.1, 0.15) is 47.5 Å². The molecule has 0 radical (unpaired) electrons. The summed E-state index contributed by atoms with van der Waals surface area (Å²) in [6, 6.07) is 33.3. The van der Waals surface area contributed by atoms with Crippen LogP contribution >= 0.6 is 62.3 Å². The molecular formula is C89H118BrClLiN11O19S3. The van der Waals surface area contributed by atoms with Crippen LogP contribution in [0.25, 0.3) is 30.6 Å². The maximum Gasteiger partial charge on any atom is 1.00 e. The summed E-state index contributed by atoms with van der Waals surface area (Å²) in [5, 5.41) is 69.5. The van der Waals surface area contributed by atoms with Crippen molar-refractivity contribution in [2.24, 2.45) is 29.2 Å². The van der Waals surface area contributed by atoms with Crippen molar-refractivity contribution in [1.82, 2.24) is 35.0 Å². The molecule has 36 heteroatoms. The number of aromatic hydroxyl groups is 3. The molecule has 6 aromatic carbocycles. The zero-order valence-electron chi connectivity index (χ0n) is 68.1. The molecule has 7 heterocycles. The van der Waals surface area contributed by atoms with E-state index in [0.717, 1.165) is 59.1 Å². The average Bonchev–Trinajstić information content (AvgIpc) is 1.63. The molecule has 9 aromatic rings. The molecule has 3 aromatic heterocycles. The molecule has 7 atom stereocenters. The number of aromatic nitrogens is 3. The van der Waals surface area contributed by atoms with E-state index in [2.05, 4.69) is 50.6 Å². The molecule has 4 aliphatic heterocycles. The molecule has 4 aliphatic rings. The van der Waals surface area contributed by atoms with Crippen LogP contribution in [0.3, 0.4) is 0 Å². The SMILES string of the molecule is C.C.C.C.C.CC(C)[C@@H](C(=O)O)N1Cc2ccccc2C1=O.CC(C)[C@H](N)C(=O)O.COC(=O)[C@@H]1C[C@@H](O)CN1.COC(=O)[C@@H]1C[C@@H](O)CN1C(=O)[C@H](C(C)C)N1Cc2ccccc2C1=O.Cc1cscn1.Cc1ncsc1-c1ccc(CN)c(O)c1.Cl.O=Cc1ccccc1C=O.[C-]#[N+]c1ccc(-c2scnc2C)cc1O.[C-]#[N+]c1ccc(Br)cc1O.[Li+].[OH-]. The molecule has 0 bridgehead atoms. The van der Waals surface area contributed by atoms with E-state index >= 15 is 0 Å². The number of carbonyl (C=O) groups excluding carboxylic acids is 7. The molecule has 2 saturated heterocycles. The van der Waals surface area contributed by atoms with Crippen molar-refractivity contribution in [1.29, 1.82) is 0 Å². The first kappa shape index (κ1) is 121. The Bertz CT molecular complexity index is 4920. The number of fused-ring (bicyclic) bond motifs is 2. The number of nitrogens with two attached hydrogens (primary N) is 2. The molecule has 2 fully saturated rings. The number of phenols is 3. The zero-order chi connectivity index (χ0) is 86.9. The van der Waals surface area contributed by atoms with E-state index in [9.17, 15) is 63.6 Å². The van der Waals surface area contributed by atoms with Gasteiger partial charge in [-0.3, -0.25) is 38.5 Å². The Kier molecular flexibility index (Phi) is 58.0. The van der Waals surface area contributed by atoms with Gasteiger partial charge in [0.05, 0.1) is 77.2 Å². The Balaban J connectivity index is -0.000000672. The first-order chi connectivity index (χ1) is 55.6. The maximum absolute atomic E-state index is 13.3. The minimum absolute atomic E-state index is 0. The number of carbonyl (C=O) groups is 9. The van der Waals surface area contributed by atoms with Crippen LogP contribution in [-0.2, 0) is 53.1 Å². The number of rotatable bonds is 15. The summed E-state index contributed by atoms with van der Waals surface area (Å²) in [7, 11) is 2.60. The number of β-amino-alcohol motifs (C(OH)–C–C–N with tert-alkyl or cyclic N) is 2.